The smallest absolute Gasteiger partial charge is 0.229 e. The van der Waals surface area contributed by atoms with E-state index in [1.807, 2.05) is 0 Å². The molecular weight excluding hydrogens is 240 g/mol. The summed E-state index contributed by atoms with van der Waals surface area (Å²) in [6.45, 7) is 2.72. The number of carbonyl (C=O) groups excluding carboxylic acids is 2. The third-order valence-corrected chi connectivity index (χ3v) is 3.44. The van der Waals surface area contributed by atoms with Gasteiger partial charge in [0.1, 0.15) is 5.69 Å². The van der Waals surface area contributed by atoms with Crippen molar-refractivity contribution in [1.29, 1.82) is 0 Å². The Morgan fingerprint density at radius 3 is 2.76 bits per heavy atom. The summed E-state index contributed by atoms with van der Waals surface area (Å²) in [6, 6.07) is 0. The largest absolute Gasteiger partial charge is 0.381 e. The lowest BCUT2D eigenvalue weighted by atomic mass is 10.00. The van der Waals surface area contributed by atoms with Crippen LogP contribution in [0.4, 0.5) is 5.13 Å². The minimum Gasteiger partial charge on any atom is -0.381 e. The van der Waals surface area contributed by atoms with E-state index >= 15 is 0 Å². The Hall–Kier alpha value is -1.27. The second-order valence-electron chi connectivity index (χ2n) is 3.97. The van der Waals surface area contributed by atoms with Gasteiger partial charge in [-0.2, -0.15) is 0 Å². The van der Waals surface area contributed by atoms with Gasteiger partial charge in [0.15, 0.2) is 10.9 Å². The maximum Gasteiger partial charge on any atom is 0.229 e. The van der Waals surface area contributed by atoms with Crippen LogP contribution in [0.3, 0.4) is 0 Å². The van der Waals surface area contributed by atoms with Gasteiger partial charge in [0.2, 0.25) is 5.91 Å². The van der Waals surface area contributed by atoms with Crippen molar-refractivity contribution in [3.8, 4) is 0 Å². The molecular formula is C11H14N2O3S. The fourth-order valence-electron chi connectivity index (χ4n) is 1.66. The Bertz CT molecular complexity index is 424. The van der Waals surface area contributed by atoms with Crippen molar-refractivity contribution in [2.24, 2.45) is 5.92 Å². The van der Waals surface area contributed by atoms with E-state index in [2.05, 4.69) is 10.3 Å². The molecule has 1 aliphatic heterocycles. The number of ketones is 1. The van der Waals surface area contributed by atoms with E-state index < -0.39 is 0 Å². The van der Waals surface area contributed by atoms with Gasteiger partial charge in [-0.15, -0.1) is 11.3 Å². The average molecular weight is 254 g/mol. The van der Waals surface area contributed by atoms with Crippen molar-refractivity contribution >= 4 is 28.2 Å². The topological polar surface area (TPSA) is 68.3 Å². The van der Waals surface area contributed by atoms with Crippen molar-refractivity contribution in [2.45, 2.75) is 19.8 Å². The van der Waals surface area contributed by atoms with Crippen LogP contribution in [0.15, 0.2) is 5.38 Å². The number of thiazole rings is 1. The fraction of sp³-hybridized carbons (Fsp3) is 0.545. The number of hydrogen-bond acceptors (Lipinski definition) is 5. The van der Waals surface area contributed by atoms with Gasteiger partial charge in [-0.1, -0.05) is 0 Å². The molecule has 0 aliphatic carbocycles. The molecule has 0 atom stereocenters. The molecule has 0 saturated carbocycles. The summed E-state index contributed by atoms with van der Waals surface area (Å²) in [4.78, 5) is 27.0. The van der Waals surface area contributed by atoms with Gasteiger partial charge in [0, 0.05) is 31.4 Å². The molecule has 1 aromatic heterocycles. The minimum absolute atomic E-state index is 0.00609. The number of rotatable bonds is 3. The van der Waals surface area contributed by atoms with E-state index in [1.54, 1.807) is 5.38 Å². The first-order valence-electron chi connectivity index (χ1n) is 5.52. The Kier molecular flexibility index (Phi) is 3.86. The van der Waals surface area contributed by atoms with Gasteiger partial charge in [0.05, 0.1) is 0 Å². The van der Waals surface area contributed by atoms with Gasteiger partial charge >= 0.3 is 0 Å². The molecule has 1 N–H and O–H groups in total. The second kappa shape index (κ2) is 5.37. The van der Waals surface area contributed by atoms with E-state index in [0.717, 1.165) is 12.8 Å². The van der Waals surface area contributed by atoms with Gasteiger partial charge in [0.25, 0.3) is 0 Å². The molecule has 0 unspecified atom stereocenters. The van der Waals surface area contributed by atoms with Crippen LogP contribution in [0.2, 0.25) is 0 Å². The van der Waals surface area contributed by atoms with E-state index in [4.69, 9.17) is 4.74 Å². The average Bonchev–Trinajstić information content (AvgIpc) is 2.79. The van der Waals surface area contributed by atoms with Crippen LogP contribution in [0.25, 0.3) is 0 Å². The van der Waals surface area contributed by atoms with Crippen LogP contribution in [0, 0.1) is 5.92 Å². The minimum atomic E-state index is -0.0900. The SMILES string of the molecule is CC(=O)c1csc(NC(=O)C2CCOCC2)n1. The van der Waals surface area contributed by atoms with Crippen molar-refractivity contribution in [3.05, 3.63) is 11.1 Å². The highest BCUT2D eigenvalue weighted by atomic mass is 32.1. The fourth-order valence-corrected chi connectivity index (χ4v) is 2.41. The van der Waals surface area contributed by atoms with Gasteiger partial charge in [-0.3, -0.25) is 9.59 Å². The predicted molar refractivity (Wildman–Crippen MR) is 64.3 cm³/mol. The lowest BCUT2D eigenvalue weighted by Crippen LogP contribution is -2.28. The highest BCUT2D eigenvalue weighted by molar-refractivity contribution is 7.14. The molecule has 0 aromatic carbocycles. The molecule has 2 heterocycles. The van der Waals surface area contributed by atoms with Crippen molar-refractivity contribution in [1.82, 2.24) is 4.98 Å². The molecule has 1 aromatic rings. The normalized spacial score (nSPS) is 16.8. The molecule has 6 heteroatoms. The maximum absolute atomic E-state index is 11.9. The van der Waals surface area contributed by atoms with E-state index in [0.29, 0.717) is 24.0 Å². The number of hydrogen-bond donors (Lipinski definition) is 1. The van der Waals surface area contributed by atoms with Crippen LogP contribution < -0.4 is 5.32 Å². The van der Waals surface area contributed by atoms with E-state index in [9.17, 15) is 9.59 Å². The van der Waals surface area contributed by atoms with Crippen molar-refractivity contribution < 1.29 is 14.3 Å². The number of nitrogens with zero attached hydrogens (tertiary/aromatic N) is 1. The summed E-state index contributed by atoms with van der Waals surface area (Å²) in [5.74, 6) is -0.126. The predicted octanol–water partition coefficient (Wildman–Crippen LogP) is 1.71. The molecule has 0 radical (unpaired) electrons. The highest BCUT2D eigenvalue weighted by Gasteiger charge is 2.22. The molecule has 0 bridgehead atoms. The first kappa shape index (κ1) is 12.2. The zero-order chi connectivity index (χ0) is 12.3. The summed E-state index contributed by atoms with van der Waals surface area (Å²) in [5.41, 5.74) is 0.400. The van der Waals surface area contributed by atoms with Crippen LogP contribution in [0.5, 0.6) is 0 Å². The summed E-state index contributed by atoms with van der Waals surface area (Å²) in [5, 5.41) is 4.89. The maximum atomic E-state index is 11.9. The number of aromatic nitrogens is 1. The molecule has 1 amide bonds. The third kappa shape index (κ3) is 3.10. The lowest BCUT2D eigenvalue weighted by molar-refractivity contribution is -0.122. The van der Waals surface area contributed by atoms with E-state index in [1.165, 1.54) is 18.3 Å². The third-order valence-electron chi connectivity index (χ3n) is 2.69. The van der Waals surface area contributed by atoms with Crippen LogP contribution in [-0.2, 0) is 9.53 Å². The molecule has 5 nitrogen and oxygen atoms in total. The quantitative estimate of drug-likeness (QED) is 0.834. The molecule has 17 heavy (non-hydrogen) atoms. The summed E-state index contributed by atoms with van der Waals surface area (Å²) in [7, 11) is 0. The van der Waals surface area contributed by atoms with Crippen molar-refractivity contribution in [3.63, 3.8) is 0 Å². The van der Waals surface area contributed by atoms with Crippen LogP contribution in [-0.4, -0.2) is 29.9 Å². The summed E-state index contributed by atoms with van der Waals surface area (Å²) in [6.07, 6.45) is 1.49. The van der Waals surface area contributed by atoms with Crippen molar-refractivity contribution in [2.75, 3.05) is 18.5 Å². The first-order chi connectivity index (χ1) is 8.16. The Balaban J connectivity index is 1.94. The number of anilines is 1. The summed E-state index contributed by atoms with van der Waals surface area (Å²) < 4.78 is 5.20. The zero-order valence-corrected chi connectivity index (χ0v) is 10.4. The van der Waals surface area contributed by atoms with Gasteiger partial charge < -0.3 is 10.1 Å². The molecule has 2 rings (SSSR count). The lowest BCUT2D eigenvalue weighted by Gasteiger charge is -2.20. The summed E-state index contributed by atoms with van der Waals surface area (Å²) >= 11 is 1.28. The zero-order valence-electron chi connectivity index (χ0n) is 9.56. The highest BCUT2D eigenvalue weighted by Crippen LogP contribution is 2.20. The van der Waals surface area contributed by atoms with Crippen LogP contribution >= 0.6 is 11.3 Å². The Labute approximate surface area is 103 Å². The Morgan fingerprint density at radius 2 is 2.18 bits per heavy atom. The molecule has 1 saturated heterocycles. The Morgan fingerprint density at radius 1 is 1.47 bits per heavy atom. The molecule has 92 valence electrons. The van der Waals surface area contributed by atoms with Crippen LogP contribution in [0.1, 0.15) is 30.3 Å². The number of ether oxygens (including phenoxy) is 1. The molecule has 1 aliphatic rings. The number of nitrogens with one attached hydrogen (secondary N) is 1. The number of Topliss-reactive ketones (excluding diaryl/α,β-unsaturated/α-hetero) is 1. The standard InChI is InChI=1S/C11H14N2O3S/c1-7(14)9-6-17-11(12-9)13-10(15)8-2-4-16-5-3-8/h6,8H,2-5H2,1H3,(H,12,13,15). The van der Waals surface area contributed by atoms with Gasteiger partial charge in [-0.25, -0.2) is 4.98 Å². The molecule has 0 spiro atoms. The first-order valence-corrected chi connectivity index (χ1v) is 6.40. The number of amides is 1. The molecule has 1 fully saturated rings. The second-order valence-corrected chi connectivity index (χ2v) is 4.83. The van der Waals surface area contributed by atoms with Gasteiger partial charge in [-0.05, 0) is 12.8 Å². The van der Waals surface area contributed by atoms with E-state index in [-0.39, 0.29) is 17.6 Å². The number of carbonyl (C=O) groups is 2. The monoisotopic (exact) mass is 254 g/mol.